The van der Waals surface area contributed by atoms with Crippen LogP contribution in [0.2, 0.25) is 0 Å². The monoisotopic (exact) mass is 173 g/mol. The van der Waals surface area contributed by atoms with E-state index in [9.17, 15) is 0 Å². The van der Waals surface area contributed by atoms with Gasteiger partial charge in [0.1, 0.15) is 17.4 Å². The van der Waals surface area contributed by atoms with E-state index < -0.39 is 0 Å². The summed E-state index contributed by atoms with van der Waals surface area (Å²) in [5.74, 6) is 0.638. The summed E-state index contributed by atoms with van der Waals surface area (Å²) in [5.41, 5.74) is 1.25. The summed E-state index contributed by atoms with van der Waals surface area (Å²) in [5, 5.41) is 9.65. The second-order valence-electron chi connectivity index (χ2n) is 2.62. The van der Waals surface area contributed by atoms with Gasteiger partial charge in [-0.2, -0.15) is 5.26 Å². The Hall–Kier alpha value is -1.95. The van der Waals surface area contributed by atoms with Gasteiger partial charge in [-0.05, 0) is 12.1 Å². The van der Waals surface area contributed by atoms with Gasteiger partial charge >= 0.3 is 0 Å². The van der Waals surface area contributed by atoms with E-state index in [4.69, 9.17) is 14.4 Å². The van der Waals surface area contributed by atoms with Gasteiger partial charge in [-0.15, -0.1) is 0 Å². The topological polar surface area (TPSA) is 46.2 Å². The lowest BCUT2D eigenvalue weighted by Gasteiger charge is -1.99. The highest BCUT2D eigenvalue weighted by atomic mass is 16.5. The summed E-state index contributed by atoms with van der Waals surface area (Å²) >= 11 is 0. The second-order valence-corrected chi connectivity index (χ2v) is 2.62. The average molecular weight is 173 g/mol. The smallest absolute Gasteiger partial charge is 0.138 e. The van der Waals surface area contributed by atoms with Crippen LogP contribution in [0.15, 0.2) is 28.9 Å². The van der Waals surface area contributed by atoms with Crippen molar-refractivity contribution in [1.82, 2.24) is 0 Å². The van der Waals surface area contributed by atoms with Gasteiger partial charge in [-0.3, -0.25) is 0 Å². The maximum Gasteiger partial charge on any atom is 0.138 e. The Morgan fingerprint density at radius 1 is 1.46 bits per heavy atom. The zero-order chi connectivity index (χ0) is 9.26. The van der Waals surface area contributed by atoms with Crippen LogP contribution in [0.25, 0.3) is 11.0 Å². The maximum atomic E-state index is 8.83. The fraction of sp³-hybridized carbons (Fsp3) is 0.100. The van der Waals surface area contributed by atoms with E-state index in [2.05, 4.69) is 6.07 Å². The molecule has 1 aromatic heterocycles. The standard InChI is InChI=1S/C10H7NO2/c1-12-8-4-7(6-11)9-2-3-13-10(9)5-8/h2-5H,1H3. The first-order valence-corrected chi connectivity index (χ1v) is 3.80. The molecule has 1 heterocycles. The minimum absolute atomic E-state index is 0.572. The Bertz CT molecular complexity index is 479. The fourth-order valence-electron chi connectivity index (χ4n) is 1.26. The number of benzene rings is 1. The van der Waals surface area contributed by atoms with Crippen molar-refractivity contribution in [1.29, 1.82) is 5.26 Å². The van der Waals surface area contributed by atoms with Crippen molar-refractivity contribution < 1.29 is 9.15 Å². The van der Waals surface area contributed by atoms with E-state index in [1.807, 2.05) is 0 Å². The van der Waals surface area contributed by atoms with Crippen LogP contribution in [0.3, 0.4) is 0 Å². The van der Waals surface area contributed by atoms with E-state index in [0.717, 1.165) is 5.39 Å². The lowest BCUT2D eigenvalue weighted by molar-refractivity contribution is 0.414. The van der Waals surface area contributed by atoms with Gasteiger partial charge in [0.2, 0.25) is 0 Å². The maximum absolute atomic E-state index is 8.83. The highest BCUT2D eigenvalue weighted by Gasteiger charge is 2.05. The van der Waals surface area contributed by atoms with Gasteiger partial charge in [0, 0.05) is 11.5 Å². The van der Waals surface area contributed by atoms with Crippen molar-refractivity contribution in [3.63, 3.8) is 0 Å². The second kappa shape index (κ2) is 2.83. The molecule has 64 valence electrons. The SMILES string of the molecule is COc1cc(C#N)c2ccoc2c1. The van der Waals surface area contributed by atoms with E-state index in [1.165, 1.54) is 0 Å². The third-order valence-corrected chi connectivity index (χ3v) is 1.90. The van der Waals surface area contributed by atoms with Crippen LogP contribution >= 0.6 is 0 Å². The summed E-state index contributed by atoms with van der Waals surface area (Å²) in [6.45, 7) is 0. The van der Waals surface area contributed by atoms with Gasteiger partial charge < -0.3 is 9.15 Å². The first-order chi connectivity index (χ1) is 6.35. The Morgan fingerprint density at radius 3 is 3.00 bits per heavy atom. The number of hydrogen-bond acceptors (Lipinski definition) is 3. The van der Waals surface area contributed by atoms with Gasteiger partial charge in [-0.1, -0.05) is 0 Å². The normalized spacial score (nSPS) is 9.85. The average Bonchev–Trinajstić information content (AvgIpc) is 2.63. The number of hydrogen-bond donors (Lipinski definition) is 0. The molecule has 0 saturated carbocycles. The van der Waals surface area contributed by atoms with Crippen molar-refractivity contribution in [2.75, 3.05) is 7.11 Å². The van der Waals surface area contributed by atoms with E-state index in [-0.39, 0.29) is 0 Å². The van der Waals surface area contributed by atoms with Gasteiger partial charge in [-0.25, -0.2) is 0 Å². The van der Waals surface area contributed by atoms with Crippen molar-refractivity contribution in [2.24, 2.45) is 0 Å². The van der Waals surface area contributed by atoms with E-state index in [1.54, 1.807) is 31.6 Å². The molecule has 0 amide bonds. The molecule has 2 rings (SSSR count). The van der Waals surface area contributed by atoms with Crippen LogP contribution in [0.1, 0.15) is 5.56 Å². The number of nitrogens with zero attached hydrogens (tertiary/aromatic N) is 1. The Morgan fingerprint density at radius 2 is 2.31 bits per heavy atom. The first kappa shape index (κ1) is 7.69. The number of ether oxygens (including phenoxy) is 1. The van der Waals surface area contributed by atoms with Crippen molar-refractivity contribution in [2.45, 2.75) is 0 Å². The Labute approximate surface area is 75.1 Å². The molecule has 1 aromatic carbocycles. The van der Waals surface area contributed by atoms with E-state index in [0.29, 0.717) is 16.9 Å². The van der Waals surface area contributed by atoms with Crippen LogP contribution < -0.4 is 4.74 Å². The fourth-order valence-corrected chi connectivity index (χ4v) is 1.26. The molecule has 0 aliphatic carbocycles. The molecule has 0 bridgehead atoms. The Balaban J connectivity index is 2.79. The third kappa shape index (κ3) is 1.13. The van der Waals surface area contributed by atoms with Crippen LogP contribution in [-0.4, -0.2) is 7.11 Å². The van der Waals surface area contributed by atoms with Gasteiger partial charge in [0.25, 0.3) is 0 Å². The van der Waals surface area contributed by atoms with Crippen molar-refractivity contribution in [3.8, 4) is 11.8 Å². The molecular formula is C10H7NO2. The number of rotatable bonds is 1. The molecule has 0 aliphatic heterocycles. The molecule has 0 fully saturated rings. The molecule has 0 N–H and O–H groups in total. The number of furan rings is 1. The quantitative estimate of drug-likeness (QED) is 0.664. The molecule has 0 spiro atoms. The van der Waals surface area contributed by atoms with Crippen molar-refractivity contribution in [3.05, 3.63) is 30.0 Å². The predicted octanol–water partition coefficient (Wildman–Crippen LogP) is 2.31. The molecule has 0 saturated heterocycles. The minimum Gasteiger partial charge on any atom is -0.497 e. The lowest BCUT2D eigenvalue weighted by atomic mass is 10.1. The molecule has 3 heteroatoms. The summed E-state index contributed by atoms with van der Waals surface area (Å²) in [4.78, 5) is 0. The Kier molecular flexibility index (Phi) is 1.67. The summed E-state index contributed by atoms with van der Waals surface area (Å²) in [6, 6.07) is 7.31. The molecular weight excluding hydrogens is 166 g/mol. The molecule has 3 nitrogen and oxygen atoms in total. The zero-order valence-corrected chi connectivity index (χ0v) is 7.07. The number of nitriles is 1. The van der Waals surface area contributed by atoms with Gasteiger partial charge in [0.05, 0.1) is 18.9 Å². The minimum atomic E-state index is 0.572. The molecule has 0 radical (unpaired) electrons. The van der Waals surface area contributed by atoms with Crippen LogP contribution in [0.5, 0.6) is 5.75 Å². The van der Waals surface area contributed by atoms with Crippen LogP contribution in [0, 0.1) is 11.3 Å². The molecule has 13 heavy (non-hydrogen) atoms. The summed E-state index contributed by atoms with van der Waals surface area (Å²) in [6.07, 6.45) is 1.56. The molecule has 0 aliphatic rings. The number of fused-ring (bicyclic) bond motifs is 1. The molecule has 2 aromatic rings. The summed E-state index contributed by atoms with van der Waals surface area (Å²) < 4.78 is 10.2. The predicted molar refractivity (Wildman–Crippen MR) is 47.5 cm³/mol. The van der Waals surface area contributed by atoms with Crippen molar-refractivity contribution >= 4 is 11.0 Å². The lowest BCUT2D eigenvalue weighted by Crippen LogP contribution is -1.84. The molecule has 0 atom stereocenters. The van der Waals surface area contributed by atoms with Crippen LogP contribution in [0.4, 0.5) is 0 Å². The molecule has 0 unspecified atom stereocenters. The summed E-state index contributed by atoms with van der Waals surface area (Å²) in [7, 11) is 1.56. The first-order valence-electron chi connectivity index (χ1n) is 3.80. The number of methoxy groups -OCH3 is 1. The largest absolute Gasteiger partial charge is 0.497 e. The highest BCUT2D eigenvalue weighted by Crippen LogP contribution is 2.25. The van der Waals surface area contributed by atoms with Crippen LogP contribution in [-0.2, 0) is 0 Å². The zero-order valence-electron chi connectivity index (χ0n) is 7.07. The highest BCUT2D eigenvalue weighted by molar-refractivity contribution is 5.85. The third-order valence-electron chi connectivity index (χ3n) is 1.90. The van der Waals surface area contributed by atoms with E-state index >= 15 is 0 Å². The van der Waals surface area contributed by atoms with Gasteiger partial charge in [0.15, 0.2) is 0 Å².